The van der Waals surface area contributed by atoms with Crippen LogP contribution < -0.4 is 0 Å². The molecule has 26 heavy (non-hydrogen) atoms. The Hall–Kier alpha value is -1.94. The summed E-state index contributed by atoms with van der Waals surface area (Å²) in [5.74, 6) is 4.04. The minimum atomic E-state index is -1.34. The van der Waals surface area contributed by atoms with E-state index in [9.17, 15) is 24.5 Å². The van der Waals surface area contributed by atoms with Crippen LogP contribution in [0.25, 0.3) is 0 Å². The Morgan fingerprint density at radius 2 is 1.77 bits per heavy atom. The summed E-state index contributed by atoms with van der Waals surface area (Å²) >= 11 is 0. The zero-order chi connectivity index (χ0) is 19.8. The fraction of sp³-hybridized carbons (Fsp3) is 0.550. The summed E-state index contributed by atoms with van der Waals surface area (Å²) in [6, 6.07) is 0. The van der Waals surface area contributed by atoms with Crippen LogP contribution in [0.15, 0.2) is 36.5 Å². The second-order valence-electron chi connectivity index (χ2n) is 5.86. The number of aliphatic hydroxyl groups excluding tert-OH is 3. The van der Waals surface area contributed by atoms with Crippen LogP contribution in [0, 0.1) is 11.8 Å². The van der Waals surface area contributed by atoms with Crippen LogP contribution in [0.1, 0.15) is 45.4 Å². The van der Waals surface area contributed by atoms with Gasteiger partial charge in [0.1, 0.15) is 12.3 Å². The summed E-state index contributed by atoms with van der Waals surface area (Å²) < 4.78 is 13.4. The molecule has 5 nitrogen and oxygen atoms in total. The molecule has 0 aliphatic heterocycles. The lowest BCUT2D eigenvalue weighted by Crippen LogP contribution is -2.23. The number of aliphatic hydroxyl groups is 3. The second-order valence-corrected chi connectivity index (χ2v) is 5.86. The van der Waals surface area contributed by atoms with Crippen LogP contribution in [0.2, 0.25) is 0 Å². The number of halogens is 1. The first-order chi connectivity index (χ1) is 12.4. The van der Waals surface area contributed by atoms with Gasteiger partial charge < -0.3 is 20.4 Å². The Balaban J connectivity index is 4.14. The maximum Gasteiger partial charge on any atom is 0.303 e. The van der Waals surface area contributed by atoms with Gasteiger partial charge in [-0.3, -0.25) is 4.79 Å². The van der Waals surface area contributed by atoms with Gasteiger partial charge in [0.25, 0.3) is 0 Å². The molecule has 0 rings (SSSR count). The van der Waals surface area contributed by atoms with Gasteiger partial charge in [-0.05, 0) is 25.3 Å². The van der Waals surface area contributed by atoms with Crippen molar-refractivity contribution in [3.05, 3.63) is 36.5 Å². The van der Waals surface area contributed by atoms with E-state index in [4.69, 9.17) is 5.11 Å². The molecule has 0 saturated carbocycles. The average molecular weight is 368 g/mol. The van der Waals surface area contributed by atoms with E-state index in [-0.39, 0.29) is 12.8 Å². The van der Waals surface area contributed by atoms with Crippen LogP contribution in [0.5, 0.6) is 0 Å². The smallest absolute Gasteiger partial charge is 0.303 e. The lowest BCUT2D eigenvalue weighted by atomic mass is 10.1. The largest absolute Gasteiger partial charge is 0.481 e. The van der Waals surface area contributed by atoms with Gasteiger partial charge in [-0.2, -0.15) is 0 Å². The Bertz CT molecular complexity index is 530. The van der Waals surface area contributed by atoms with Gasteiger partial charge >= 0.3 is 5.97 Å². The summed E-state index contributed by atoms with van der Waals surface area (Å²) in [5, 5.41) is 37.3. The molecule has 0 aliphatic rings. The monoisotopic (exact) mass is 368 g/mol. The molecule has 0 unspecified atom stereocenters. The third-order valence-electron chi connectivity index (χ3n) is 3.51. The highest BCUT2D eigenvalue weighted by molar-refractivity contribution is 5.66. The first-order valence-corrected chi connectivity index (χ1v) is 8.79. The molecule has 0 amide bonds. The molecule has 146 valence electrons. The number of hydrogen-bond acceptors (Lipinski definition) is 4. The number of unbranched alkanes of at least 4 members (excludes halogenated alkanes) is 1. The van der Waals surface area contributed by atoms with Crippen molar-refractivity contribution >= 4 is 5.97 Å². The molecular formula is C20H29FO5. The maximum absolute atomic E-state index is 13.4. The molecule has 4 N–H and O–H groups in total. The fourth-order valence-corrected chi connectivity index (χ4v) is 1.95. The Kier molecular flexibility index (Phi) is 14.2. The number of carboxylic acids is 1. The van der Waals surface area contributed by atoms with Crippen molar-refractivity contribution in [3.8, 4) is 11.8 Å². The van der Waals surface area contributed by atoms with Crippen molar-refractivity contribution in [3.63, 3.8) is 0 Å². The molecule has 0 heterocycles. The van der Waals surface area contributed by atoms with Crippen molar-refractivity contribution in [2.45, 2.75) is 69.9 Å². The van der Waals surface area contributed by atoms with Gasteiger partial charge in [-0.15, -0.1) is 0 Å². The van der Waals surface area contributed by atoms with Crippen LogP contribution in [0.3, 0.4) is 0 Å². The molecule has 0 aromatic heterocycles. The first kappa shape index (κ1) is 24.1. The minimum Gasteiger partial charge on any atom is -0.481 e. The zero-order valence-electron chi connectivity index (χ0n) is 15.1. The molecule has 0 radical (unpaired) electrons. The number of allylic oxidation sites excluding steroid dienone is 5. The fourth-order valence-electron chi connectivity index (χ4n) is 1.95. The van der Waals surface area contributed by atoms with E-state index in [0.717, 1.165) is 6.42 Å². The Morgan fingerprint density at radius 3 is 2.42 bits per heavy atom. The van der Waals surface area contributed by atoms with Crippen molar-refractivity contribution in [2.75, 3.05) is 0 Å². The van der Waals surface area contributed by atoms with Crippen molar-refractivity contribution in [1.29, 1.82) is 0 Å². The van der Waals surface area contributed by atoms with Gasteiger partial charge in [0.15, 0.2) is 0 Å². The second kappa shape index (κ2) is 15.3. The zero-order valence-corrected chi connectivity index (χ0v) is 15.1. The molecule has 6 heteroatoms. The van der Waals surface area contributed by atoms with E-state index in [1.807, 2.05) is 6.92 Å². The molecule has 0 aromatic carbocycles. The van der Waals surface area contributed by atoms with Crippen molar-refractivity contribution in [2.24, 2.45) is 0 Å². The van der Waals surface area contributed by atoms with Crippen LogP contribution in [0.4, 0.5) is 4.39 Å². The number of rotatable bonds is 12. The molecule has 0 spiro atoms. The number of hydrogen-bond donors (Lipinski definition) is 4. The molecule has 0 bridgehead atoms. The predicted octanol–water partition coefficient (Wildman–Crippen LogP) is 2.52. The summed E-state index contributed by atoms with van der Waals surface area (Å²) in [4.78, 5) is 10.4. The van der Waals surface area contributed by atoms with Crippen molar-refractivity contribution < 1.29 is 29.6 Å². The van der Waals surface area contributed by atoms with E-state index in [0.29, 0.717) is 19.3 Å². The summed E-state index contributed by atoms with van der Waals surface area (Å²) in [6.45, 7) is 1.95. The standard InChI is InChI=1S/C20H29FO5/c1-2-3-11-16(21)17(22)12-8-6-4-5-7-9-13-18(23)19(24)14-10-15-20(25)26/h4-7,9,13,16-19,22-24H,2-3,10-11,14-15H2,1H3,(H,25,26)/t16-,17-,18+,19-/m0/s1. The number of carboxylic acid groups (broad SMARTS) is 1. The van der Waals surface area contributed by atoms with Crippen molar-refractivity contribution in [1.82, 2.24) is 0 Å². The van der Waals surface area contributed by atoms with E-state index < -0.39 is 30.5 Å². The maximum atomic E-state index is 13.4. The highest BCUT2D eigenvalue weighted by Crippen LogP contribution is 2.08. The third kappa shape index (κ3) is 13.4. The molecule has 0 aliphatic carbocycles. The first-order valence-electron chi connectivity index (χ1n) is 8.79. The number of alkyl halides is 1. The topological polar surface area (TPSA) is 98.0 Å². The number of aliphatic carboxylic acids is 1. The molecule has 4 atom stereocenters. The Morgan fingerprint density at radius 1 is 1.08 bits per heavy atom. The van der Waals surface area contributed by atoms with Gasteiger partial charge in [-0.1, -0.05) is 62.0 Å². The Labute approximate surface area is 154 Å². The third-order valence-corrected chi connectivity index (χ3v) is 3.51. The van der Waals surface area contributed by atoms with Gasteiger partial charge in [-0.25, -0.2) is 4.39 Å². The normalized spacial score (nSPS) is 16.5. The lowest BCUT2D eigenvalue weighted by molar-refractivity contribution is -0.137. The van der Waals surface area contributed by atoms with Gasteiger partial charge in [0.2, 0.25) is 0 Å². The molecule has 0 aromatic rings. The number of carbonyl (C=O) groups is 1. The van der Waals surface area contributed by atoms with Crippen LogP contribution >= 0.6 is 0 Å². The van der Waals surface area contributed by atoms with Gasteiger partial charge in [0, 0.05) is 6.42 Å². The summed E-state index contributed by atoms with van der Waals surface area (Å²) in [6.07, 6.45) is 6.87. The van der Waals surface area contributed by atoms with E-state index >= 15 is 0 Å². The van der Waals surface area contributed by atoms with Crippen LogP contribution in [-0.2, 0) is 4.79 Å². The molecular weight excluding hydrogens is 339 g/mol. The summed E-state index contributed by atoms with van der Waals surface area (Å²) in [7, 11) is 0. The highest BCUT2D eigenvalue weighted by atomic mass is 19.1. The SMILES string of the molecule is CCCC[C@H](F)[C@@H](O)C#CC=CC=CC=C[C@@H](O)[C@@H](O)CCCC(=O)O. The minimum absolute atomic E-state index is 0.0460. The van der Waals surface area contributed by atoms with E-state index in [1.54, 1.807) is 24.3 Å². The lowest BCUT2D eigenvalue weighted by Gasteiger charge is -2.13. The van der Waals surface area contributed by atoms with E-state index in [2.05, 4.69) is 11.8 Å². The molecule has 0 saturated heterocycles. The quantitative estimate of drug-likeness (QED) is 0.313. The average Bonchev–Trinajstić information content (AvgIpc) is 2.60. The molecule has 0 fully saturated rings. The predicted molar refractivity (Wildman–Crippen MR) is 99.1 cm³/mol. The summed E-state index contributed by atoms with van der Waals surface area (Å²) in [5.41, 5.74) is 0. The van der Waals surface area contributed by atoms with E-state index in [1.165, 1.54) is 12.2 Å². The van der Waals surface area contributed by atoms with Gasteiger partial charge in [0.05, 0.1) is 12.2 Å². The van der Waals surface area contributed by atoms with Crippen LogP contribution in [-0.4, -0.2) is 50.9 Å². The highest BCUT2D eigenvalue weighted by Gasteiger charge is 2.14.